The largest absolute Gasteiger partial charge is 0.441 e. The highest BCUT2D eigenvalue weighted by molar-refractivity contribution is 5.91. The van der Waals surface area contributed by atoms with Crippen LogP contribution in [0.4, 0.5) is 10.5 Å². The van der Waals surface area contributed by atoms with Gasteiger partial charge in [0.25, 0.3) is 0 Å². The minimum Gasteiger partial charge on any atom is -0.441 e. The molecule has 1 atom stereocenters. The molecule has 124 valence electrons. The quantitative estimate of drug-likeness (QED) is 0.945. The van der Waals surface area contributed by atoms with Gasteiger partial charge in [-0.25, -0.2) is 9.78 Å². The van der Waals surface area contributed by atoms with E-state index in [4.69, 9.17) is 4.42 Å². The Morgan fingerprint density at radius 2 is 2.30 bits per heavy atom. The molecule has 1 aliphatic heterocycles. The summed E-state index contributed by atoms with van der Waals surface area (Å²) in [5, 5.41) is 2.98. The molecular formula is C17H24N4O2. The zero-order chi connectivity index (χ0) is 16.4. The second-order valence-electron chi connectivity index (χ2n) is 6.28. The monoisotopic (exact) mass is 316 g/mol. The third-order valence-corrected chi connectivity index (χ3v) is 4.40. The zero-order valence-corrected chi connectivity index (χ0v) is 14.0. The predicted octanol–water partition coefficient (Wildman–Crippen LogP) is 2.95. The molecule has 0 aliphatic carbocycles. The number of carbonyl (C=O) groups excluding carboxylic acids is 1. The van der Waals surface area contributed by atoms with E-state index in [0.717, 1.165) is 49.1 Å². The Morgan fingerprint density at radius 1 is 1.48 bits per heavy atom. The average molecular weight is 316 g/mol. The lowest BCUT2D eigenvalue weighted by atomic mass is 10.1. The number of hydrogen-bond acceptors (Lipinski definition) is 4. The van der Waals surface area contributed by atoms with E-state index in [2.05, 4.69) is 29.3 Å². The lowest BCUT2D eigenvalue weighted by Crippen LogP contribution is -2.48. The number of piperidine rings is 1. The second-order valence-corrected chi connectivity index (χ2v) is 6.28. The molecule has 23 heavy (non-hydrogen) atoms. The number of carbonyl (C=O) groups is 1. The number of likely N-dealkylation sites (tertiary alicyclic amines) is 1. The molecule has 2 heterocycles. The van der Waals surface area contributed by atoms with E-state index in [1.54, 1.807) is 0 Å². The van der Waals surface area contributed by atoms with Crippen LogP contribution in [0.25, 0.3) is 11.1 Å². The van der Waals surface area contributed by atoms with Crippen LogP contribution in [0.1, 0.15) is 25.7 Å². The number of nitrogens with zero attached hydrogens (tertiary/aromatic N) is 3. The van der Waals surface area contributed by atoms with E-state index in [1.807, 2.05) is 30.0 Å². The number of rotatable bonds is 3. The van der Waals surface area contributed by atoms with Gasteiger partial charge < -0.3 is 19.5 Å². The Labute approximate surface area is 136 Å². The van der Waals surface area contributed by atoms with Crippen molar-refractivity contribution in [1.82, 2.24) is 14.8 Å². The molecule has 6 heteroatoms. The van der Waals surface area contributed by atoms with Crippen LogP contribution in [0.5, 0.6) is 0 Å². The molecule has 1 saturated heterocycles. The molecule has 1 aromatic carbocycles. The van der Waals surface area contributed by atoms with Crippen molar-refractivity contribution in [2.45, 2.75) is 32.2 Å². The Hall–Kier alpha value is -2.08. The lowest BCUT2D eigenvalue weighted by molar-refractivity contribution is 0.148. The normalized spacial score (nSPS) is 18.6. The van der Waals surface area contributed by atoms with E-state index < -0.39 is 0 Å². The van der Waals surface area contributed by atoms with Gasteiger partial charge in [0.1, 0.15) is 5.52 Å². The summed E-state index contributed by atoms with van der Waals surface area (Å²) in [6, 6.07) is 5.96. The van der Waals surface area contributed by atoms with Crippen LogP contribution >= 0.6 is 0 Å². The Bertz CT molecular complexity index is 695. The molecule has 0 saturated carbocycles. The fraction of sp³-hybridized carbons (Fsp3) is 0.529. The summed E-state index contributed by atoms with van der Waals surface area (Å²) in [4.78, 5) is 21.0. The zero-order valence-electron chi connectivity index (χ0n) is 14.0. The summed E-state index contributed by atoms with van der Waals surface area (Å²) >= 11 is 0. The highest BCUT2D eigenvalue weighted by atomic mass is 16.3. The number of benzene rings is 1. The number of nitrogens with one attached hydrogen (secondary N) is 1. The number of likely N-dealkylation sites (N-methyl/N-ethyl adjacent to an activating group) is 1. The molecule has 0 unspecified atom stereocenters. The van der Waals surface area contributed by atoms with Crippen LogP contribution < -0.4 is 5.32 Å². The summed E-state index contributed by atoms with van der Waals surface area (Å²) in [7, 11) is 4.13. The van der Waals surface area contributed by atoms with Crippen LogP contribution in [0.15, 0.2) is 22.6 Å². The average Bonchev–Trinajstić information content (AvgIpc) is 2.97. The van der Waals surface area contributed by atoms with Gasteiger partial charge in [-0.15, -0.1) is 0 Å². The third kappa shape index (κ3) is 3.47. The van der Waals surface area contributed by atoms with Crippen molar-refractivity contribution in [2.24, 2.45) is 0 Å². The van der Waals surface area contributed by atoms with Crippen molar-refractivity contribution in [3.05, 3.63) is 24.1 Å². The minimum absolute atomic E-state index is 0.0462. The maximum absolute atomic E-state index is 12.5. The highest BCUT2D eigenvalue weighted by Gasteiger charge is 2.24. The standard InChI is InChI=1S/C17H24N4O2/c1-4-16-19-14-10-12(7-8-15(14)23-16)18-17(22)21-9-5-6-13(11-21)20(2)3/h7-8,10,13H,4-6,9,11H2,1-3H3,(H,18,22)/t13-/m1/s1. The van der Waals surface area contributed by atoms with E-state index in [0.29, 0.717) is 11.9 Å². The SMILES string of the molecule is CCc1nc2cc(NC(=O)N3CCC[C@@H](N(C)C)C3)ccc2o1. The van der Waals surface area contributed by atoms with Crippen LogP contribution in [-0.4, -0.2) is 54.0 Å². The lowest BCUT2D eigenvalue weighted by Gasteiger charge is -2.36. The first kappa shape index (κ1) is 15.8. The molecule has 0 bridgehead atoms. The third-order valence-electron chi connectivity index (χ3n) is 4.40. The summed E-state index contributed by atoms with van der Waals surface area (Å²) in [6.07, 6.45) is 2.94. The van der Waals surface area contributed by atoms with Crippen LogP contribution in [0, 0.1) is 0 Å². The molecule has 1 N–H and O–H groups in total. The maximum atomic E-state index is 12.5. The first-order valence-electron chi connectivity index (χ1n) is 8.18. The topological polar surface area (TPSA) is 61.6 Å². The molecule has 0 spiro atoms. The number of anilines is 1. The van der Waals surface area contributed by atoms with Gasteiger partial charge in [-0.2, -0.15) is 0 Å². The molecule has 6 nitrogen and oxygen atoms in total. The number of aryl methyl sites for hydroxylation is 1. The number of oxazole rings is 1. The van der Waals surface area contributed by atoms with Crippen LogP contribution in [-0.2, 0) is 6.42 Å². The van der Waals surface area contributed by atoms with E-state index in [-0.39, 0.29) is 6.03 Å². The van der Waals surface area contributed by atoms with Gasteiger partial charge in [-0.3, -0.25) is 0 Å². The molecule has 2 amide bonds. The molecule has 0 radical (unpaired) electrons. The predicted molar refractivity (Wildman–Crippen MR) is 90.7 cm³/mol. The molecular weight excluding hydrogens is 292 g/mol. The number of aromatic nitrogens is 1. The van der Waals surface area contributed by atoms with E-state index in [9.17, 15) is 4.79 Å². The van der Waals surface area contributed by atoms with Crippen molar-refractivity contribution in [2.75, 3.05) is 32.5 Å². The Morgan fingerprint density at radius 3 is 3.04 bits per heavy atom. The Balaban J connectivity index is 1.69. The summed E-state index contributed by atoms with van der Waals surface area (Å²) < 4.78 is 5.59. The van der Waals surface area contributed by atoms with E-state index in [1.165, 1.54) is 0 Å². The minimum atomic E-state index is -0.0462. The highest BCUT2D eigenvalue weighted by Crippen LogP contribution is 2.21. The van der Waals surface area contributed by atoms with Gasteiger partial charge in [0.15, 0.2) is 11.5 Å². The van der Waals surface area contributed by atoms with Gasteiger partial charge in [-0.1, -0.05) is 6.92 Å². The smallest absolute Gasteiger partial charge is 0.321 e. The van der Waals surface area contributed by atoms with Crippen LogP contribution in [0.3, 0.4) is 0 Å². The summed E-state index contributed by atoms with van der Waals surface area (Å²) in [6.45, 7) is 3.58. The van der Waals surface area contributed by atoms with Crippen molar-refractivity contribution >= 4 is 22.8 Å². The van der Waals surface area contributed by atoms with Crippen molar-refractivity contribution < 1.29 is 9.21 Å². The second kappa shape index (κ2) is 6.58. The van der Waals surface area contributed by atoms with Gasteiger partial charge in [0.05, 0.1) is 0 Å². The fourth-order valence-corrected chi connectivity index (χ4v) is 2.97. The first-order valence-corrected chi connectivity index (χ1v) is 8.18. The van der Waals surface area contributed by atoms with Gasteiger partial charge in [-0.05, 0) is 45.1 Å². The fourth-order valence-electron chi connectivity index (χ4n) is 2.97. The van der Waals surface area contributed by atoms with Crippen molar-refractivity contribution in [3.8, 4) is 0 Å². The van der Waals surface area contributed by atoms with Gasteiger partial charge in [0, 0.05) is 31.2 Å². The maximum Gasteiger partial charge on any atom is 0.321 e. The molecule has 1 aliphatic rings. The molecule has 1 aromatic heterocycles. The van der Waals surface area contributed by atoms with E-state index >= 15 is 0 Å². The van der Waals surface area contributed by atoms with Crippen molar-refractivity contribution in [1.29, 1.82) is 0 Å². The number of urea groups is 1. The molecule has 1 fully saturated rings. The van der Waals surface area contributed by atoms with Crippen LogP contribution in [0.2, 0.25) is 0 Å². The molecule has 3 rings (SSSR count). The van der Waals surface area contributed by atoms with Gasteiger partial charge >= 0.3 is 6.03 Å². The number of fused-ring (bicyclic) bond motifs is 1. The Kier molecular flexibility index (Phi) is 4.52. The first-order chi connectivity index (χ1) is 11.1. The summed E-state index contributed by atoms with van der Waals surface area (Å²) in [5.74, 6) is 0.716. The van der Waals surface area contributed by atoms with Gasteiger partial charge in [0.2, 0.25) is 0 Å². The molecule has 2 aromatic rings. The van der Waals surface area contributed by atoms with Crippen molar-refractivity contribution in [3.63, 3.8) is 0 Å². The summed E-state index contributed by atoms with van der Waals surface area (Å²) in [5.41, 5.74) is 2.29. The number of amides is 2. The number of hydrogen-bond donors (Lipinski definition) is 1.